The zero-order chi connectivity index (χ0) is 24.7. The minimum absolute atomic E-state index is 0.0559. The molecular weight excluding hydrogens is 433 g/mol. The standard InChI is InChI=1S/C27H36FN3O3/c1-19(2)15-30(16-23(32)18-33-20(3)4)17-24-21(5)29-31(22-11-7-6-8-12-22)27(24)34-26-14-10-9-13-25(26)28/h6-14,19-20,23,32H,15-18H2,1-5H3. The Morgan fingerprint density at radius 1 is 1.00 bits per heavy atom. The zero-order valence-electron chi connectivity index (χ0n) is 20.7. The van der Waals surface area contributed by atoms with Crippen molar-refractivity contribution in [3.05, 3.63) is 71.7 Å². The van der Waals surface area contributed by atoms with Crippen LogP contribution in [0.15, 0.2) is 54.6 Å². The molecule has 0 saturated carbocycles. The Balaban J connectivity index is 1.96. The van der Waals surface area contributed by atoms with Gasteiger partial charge in [0.1, 0.15) is 0 Å². The second kappa shape index (κ2) is 12.1. The Kier molecular flexibility index (Phi) is 9.21. The lowest BCUT2D eigenvalue weighted by molar-refractivity contribution is -0.0109. The molecule has 3 rings (SSSR count). The Bertz CT molecular complexity index is 1040. The highest BCUT2D eigenvalue weighted by Gasteiger charge is 2.24. The Labute approximate surface area is 201 Å². The fourth-order valence-corrected chi connectivity index (χ4v) is 3.80. The molecule has 34 heavy (non-hydrogen) atoms. The van der Waals surface area contributed by atoms with Gasteiger partial charge in [-0.05, 0) is 51.0 Å². The van der Waals surface area contributed by atoms with E-state index in [2.05, 4.69) is 18.7 Å². The SMILES string of the molecule is Cc1nn(-c2ccccc2)c(Oc2ccccc2F)c1CN(CC(C)C)CC(O)COC(C)C. The highest BCUT2D eigenvalue weighted by molar-refractivity contribution is 5.43. The van der Waals surface area contributed by atoms with Crippen molar-refractivity contribution in [3.63, 3.8) is 0 Å². The van der Waals surface area contributed by atoms with Crippen LogP contribution in [0.5, 0.6) is 11.6 Å². The number of rotatable bonds is 12. The molecule has 0 saturated heterocycles. The second-order valence-electron chi connectivity index (χ2n) is 9.27. The summed E-state index contributed by atoms with van der Waals surface area (Å²) in [5.41, 5.74) is 2.46. The van der Waals surface area contributed by atoms with Gasteiger partial charge >= 0.3 is 0 Å². The van der Waals surface area contributed by atoms with Crippen LogP contribution < -0.4 is 4.74 Å². The number of halogens is 1. The second-order valence-corrected chi connectivity index (χ2v) is 9.27. The van der Waals surface area contributed by atoms with E-state index in [0.29, 0.717) is 24.9 Å². The topological polar surface area (TPSA) is 59.8 Å². The predicted molar refractivity (Wildman–Crippen MR) is 132 cm³/mol. The average molecular weight is 470 g/mol. The van der Waals surface area contributed by atoms with E-state index in [-0.39, 0.29) is 18.5 Å². The van der Waals surface area contributed by atoms with Gasteiger partial charge < -0.3 is 14.6 Å². The number of ether oxygens (including phenoxy) is 2. The molecule has 0 fully saturated rings. The van der Waals surface area contributed by atoms with E-state index in [4.69, 9.17) is 14.6 Å². The fourth-order valence-electron chi connectivity index (χ4n) is 3.80. The minimum atomic E-state index is -0.624. The Morgan fingerprint density at radius 3 is 2.32 bits per heavy atom. The van der Waals surface area contributed by atoms with Crippen molar-refractivity contribution in [1.82, 2.24) is 14.7 Å². The monoisotopic (exact) mass is 469 g/mol. The first-order chi connectivity index (χ1) is 16.2. The van der Waals surface area contributed by atoms with Crippen LogP contribution >= 0.6 is 0 Å². The normalized spacial score (nSPS) is 12.6. The average Bonchev–Trinajstić information content (AvgIpc) is 3.09. The molecule has 0 radical (unpaired) electrons. The molecule has 6 nitrogen and oxygen atoms in total. The predicted octanol–water partition coefficient (Wildman–Crippen LogP) is 5.36. The van der Waals surface area contributed by atoms with Crippen LogP contribution in [0.4, 0.5) is 4.39 Å². The third-order valence-electron chi connectivity index (χ3n) is 5.28. The molecule has 184 valence electrons. The number of aromatic nitrogens is 2. The number of para-hydroxylation sites is 2. The van der Waals surface area contributed by atoms with Gasteiger partial charge in [-0.15, -0.1) is 0 Å². The van der Waals surface area contributed by atoms with Crippen LogP contribution in [0.25, 0.3) is 5.69 Å². The maximum absolute atomic E-state index is 14.5. The number of benzene rings is 2. The summed E-state index contributed by atoms with van der Waals surface area (Å²) in [6.07, 6.45) is -0.568. The van der Waals surface area contributed by atoms with Crippen LogP contribution in [0.1, 0.15) is 39.0 Å². The Morgan fingerprint density at radius 2 is 1.68 bits per heavy atom. The third kappa shape index (κ3) is 7.13. The van der Waals surface area contributed by atoms with Crippen LogP contribution in [-0.2, 0) is 11.3 Å². The van der Waals surface area contributed by atoms with E-state index in [1.165, 1.54) is 6.07 Å². The number of nitrogens with zero attached hydrogens (tertiary/aromatic N) is 3. The van der Waals surface area contributed by atoms with Crippen molar-refractivity contribution >= 4 is 0 Å². The molecule has 1 heterocycles. The molecule has 1 unspecified atom stereocenters. The molecule has 1 aromatic heterocycles. The largest absolute Gasteiger partial charge is 0.435 e. The maximum atomic E-state index is 14.5. The van der Waals surface area contributed by atoms with Gasteiger partial charge in [-0.2, -0.15) is 5.10 Å². The van der Waals surface area contributed by atoms with Crippen molar-refractivity contribution in [3.8, 4) is 17.3 Å². The smallest absolute Gasteiger partial charge is 0.227 e. The third-order valence-corrected chi connectivity index (χ3v) is 5.28. The molecule has 0 aliphatic carbocycles. The molecule has 1 atom stereocenters. The van der Waals surface area contributed by atoms with Gasteiger partial charge in [0, 0.05) is 19.6 Å². The molecule has 0 spiro atoms. The summed E-state index contributed by atoms with van der Waals surface area (Å²) in [6.45, 7) is 12.1. The lowest BCUT2D eigenvalue weighted by Crippen LogP contribution is -2.37. The van der Waals surface area contributed by atoms with Crippen molar-refractivity contribution in [2.24, 2.45) is 5.92 Å². The molecule has 3 aromatic rings. The lowest BCUT2D eigenvalue weighted by atomic mass is 10.1. The summed E-state index contributed by atoms with van der Waals surface area (Å²) in [4.78, 5) is 2.17. The zero-order valence-corrected chi connectivity index (χ0v) is 20.7. The fraction of sp³-hybridized carbons (Fsp3) is 0.444. The molecule has 0 amide bonds. The molecule has 1 N–H and O–H groups in total. The molecule has 0 bridgehead atoms. The summed E-state index contributed by atoms with van der Waals surface area (Å²) >= 11 is 0. The first-order valence-corrected chi connectivity index (χ1v) is 11.8. The summed E-state index contributed by atoms with van der Waals surface area (Å²) in [5.74, 6) is 0.558. The van der Waals surface area contributed by atoms with Crippen molar-refractivity contribution in [2.45, 2.75) is 53.4 Å². The van der Waals surface area contributed by atoms with Crippen LogP contribution in [0.3, 0.4) is 0 Å². The van der Waals surface area contributed by atoms with E-state index in [1.54, 1.807) is 22.9 Å². The van der Waals surface area contributed by atoms with Gasteiger partial charge in [0.05, 0.1) is 35.8 Å². The summed E-state index contributed by atoms with van der Waals surface area (Å²) in [5, 5.41) is 15.3. The highest BCUT2D eigenvalue weighted by atomic mass is 19.1. The number of aliphatic hydroxyl groups excluding tert-OH is 1. The summed E-state index contributed by atoms with van der Waals surface area (Å²) in [7, 11) is 0. The van der Waals surface area contributed by atoms with Crippen LogP contribution in [0, 0.1) is 18.7 Å². The molecular formula is C27H36FN3O3. The van der Waals surface area contributed by atoms with E-state index >= 15 is 0 Å². The first kappa shape index (κ1) is 25.9. The van der Waals surface area contributed by atoms with Gasteiger partial charge in [0.15, 0.2) is 11.6 Å². The van der Waals surface area contributed by atoms with Crippen LogP contribution in [0.2, 0.25) is 0 Å². The van der Waals surface area contributed by atoms with Crippen molar-refractivity contribution < 1.29 is 19.0 Å². The number of aliphatic hydroxyl groups is 1. The molecule has 2 aromatic carbocycles. The van der Waals surface area contributed by atoms with E-state index in [1.807, 2.05) is 51.1 Å². The first-order valence-electron chi connectivity index (χ1n) is 11.8. The number of aryl methyl sites for hydroxylation is 1. The van der Waals surface area contributed by atoms with Gasteiger partial charge in [-0.3, -0.25) is 4.90 Å². The van der Waals surface area contributed by atoms with Crippen molar-refractivity contribution in [1.29, 1.82) is 0 Å². The van der Waals surface area contributed by atoms with E-state index in [0.717, 1.165) is 23.5 Å². The number of hydrogen-bond donors (Lipinski definition) is 1. The Hall–Kier alpha value is -2.74. The lowest BCUT2D eigenvalue weighted by Gasteiger charge is -2.27. The summed E-state index contributed by atoms with van der Waals surface area (Å²) < 4.78 is 28.0. The van der Waals surface area contributed by atoms with E-state index < -0.39 is 11.9 Å². The number of hydrogen-bond acceptors (Lipinski definition) is 5. The van der Waals surface area contributed by atoms with Gasteiger partial charge in [0.25, 0.3) is 0 Å². The molecule has 7 heteroatoms. The maximum Gasteiger partial charge on any atom is 0.227 e. The minimum Gasteiger partial charge on any atom is -0.435 e. The molecule has 0 aliphatic heterocycles. The van der Waals surface area contributed by atoms with Crippen LogP contribution in [-0.4, -0.2) is 51.7 Å². The van der Waals surface area contributed by atoms with Gasteiger partial charge in [0.2, 0.25) is 5.88 Å². The van der Waals surface area contributed by atoms with Crippen molar-refractivity contribution in [2.75, 3.05) is 19.7 Å². The van der Waals surface area contributed by atoms with Gasteiger partial charge in [-0.1, -0.05) is 44.2 Å². The molecule has 0 aliphatic rings. The quantitative estimate of drug-likeness (QED) is 0.387. The van der Waals surface area contributed by atoms with E-state index in [9.17, 15) is 9.50 Å². The highest BCUT2D eigenvalue weighted by Crippen LogP contribution is 2.33. The summed E-state index contributed by atoms with van der Waals surface area (Å²) in [6, 6.07) is 16.0. The van der Waals surface area contributed by atoms with Gasteiger partial charge in [-0.25, -0.2) is 9.07 Å².